The highest BCUT2D eigenvalue weighted by molar-refractivity contribution is 7.99. The van der Waals surface area contributed by atoms with Crippen LogP contribution in [0.4, 0.5) is 0 Å². The quantitative estimate of drug-likeness (QED) is 0.435. The van der Waals surface area contributed by atoms with Crippen LogP contribution in [0.25, 0.3) is 0 Å². The van der Waals surface area contributed by atoms with Gasteiger partial charge >= 0.3 is 11.9 Å². The number of carbonyl (C=O) groups is 3. The zero-order valence-electron chi connectivity index (χ0n) is 13.0. The number of rotatable bonds is 10. The molecular formula is C13H24N2O6S. The molecule has 0 aliphatic heterocycles. The summed E-state index contributed by atoms with van der Waals surface area (Å²) in [5, 5.41) is 11.4. The summed E-state index contributed by atoms with van der Waals surface area (Å²) < 4.78 is 9.82. The van der Waals surface area contributed by atoms with E-state index in [4.69, 9.17) is 20.3 Å². The molecule has 0 aliphatic rings. The maximum atomic E-state index is 11.7. The van der Waals surface area contributed by atoms with Crippen molar-refractivity contribution in [3.63, 3.8) is 0 Å². The molecule has 0 aromatic carbocycles. The van der Waals surface area contributed by atoms with Crippen LogP contribution >= 0.6 is 11.8 Å². The summed E-state index contributed by atoms with van der Waals surface area (Å²) in [6.07, 6.45) is -0.585. The number of aliphatic hydroxyl groups is 1. The Bertz CT molecular complexity index is 380. The summed E-state index contributed by atoms with van der Waals surface area (Å²) in [6, 6.07) is -1.10. The summed E-state index contributed by atoms with van der Waals surface area (Å²) in [4.78, 5) is 33.4. The molecule has 9 heteroatoms. The van der Waals surface area contributed by atoms with E-state index >= 15 is 0 Å². The molecule has 0 fully saturated rings. The fourth-order valence-electron chi connectivity index (χ4n) is 1.36. The zero-order valence-corrected chi connectivity index (χ0v) is 13.9. The number of nitrogens with two attached hydrogens (primary N) is 1. The minimum atomic E-state index is -0.745. The first-order chi connectivity index (χ1) is 10.3. The van der Waals surface area contributed by atoms with Crippen LogP contribution in [-0.4, -0.2) is 65.9 Å². The van der Waals surface area contributed by atoms with E-state index in [1.54, 1.807) is 6.92 Å². The van der Waals surface area contributed by atoms with Crippen LogP contribution in [0.1, 0.15) is 20.8 Å². The smallest absolute Gasteiger partial charge is 0.303 e. The molecule has 0 aliphatic carbocycles. The lowest BCUT2D eigenvalue weighted by Gasteiger charge is -2.18. The SMILES string of the molecule is CC(=O)OC[C@H](CSC[C@H](N)C(=O)N[C@@H](C)CO)OC(C)=O. The van der Waals surface area contributed by atoms with E-state index in [0.717, 1.165) is 0 Å². The van der Waals surface area contributed by atoms with Crippen LogP contribution in [0.5, 0.6) is 0 Å². The first-order valence-electron chi connectivity index (χ1n) is 6.81. The Morgan fingerprint density at radius 2 is 1.86 bits per heavy atom. The standard InChI is InChI=1S/C13H24N2O6S/c1-8(4-16)15-13(19)12(14)7-22-6-11(21-10(3)18)5-20-9(2)17/h8,11-12,16H,4-7,14H2,1-3H3,(H,15,19)/t8-,11+,12-/m0/s1. The van der Waals surface area contributed by atoms with Crippen molar-refractivity contribution in [1.82, 2.24) is 5.32 Å². The maximum Gasteiger partial charge on any atom is 0.303 e. The van der Waals surface area contributed by atoms with Gasteiger partial charge in [-0.3, -0.25) is 14.4 Å². The molecule has 0 saturated carbocycles. The highest BCUT2D eigenvalue weighted by Gasteiger charge is 2.18. The fourth-order valence-corrected chi connectivity index (χ4v) is 2.33. The second-order valence-electron chi connectivity index (χ2n) is 4.77. The highest BCUT2D eigenvalue weighted by Crippen LogP contribution is 2.09. The third-order valence-electron chi connectivity index (χ3n) is 2.41. The minimum absolute atomic E-state index is 0.0368. The van der Waals surface area contributed by atoms with Crippen LogP contribution in [0.3, 0.4) is 0 Å². The average molecular weight is 336 g/mol. The number of ether oxygens (including phenoxy) is 2. The lowest BCUT2D eigenvalue weighted by atomic mass is 10.3. The van der Waals surface area contributed by atoms with E-state index in [1.807, 2.05) is 0 Å². The summed E-state index contributed by atoms with van der Waals surface area (Å²) in [7, 11) is 0. The molecule has 8 nitrogen and oxygen atoms in total. The number of carbonyl (C=O) groups excluding carboxylic acids is 3. The predicted octanol–water partition coefficient (Wildman–Crippen LogP) is -0.961. The molecule has 0 saturated heterocycles. The monoisotopic (exact) mass is 336 g/mol. The molecule has 0 spiro atoms. The molecule has 0 unspecified atom stereocenters. The number of nitrogens with one attached hydrogen (secondary N) is 1. The molecule has 22 heavy (non-hydrogen) atoms. The molecular weight excluding hydrogens is 312 g/mol. The van der Waals surface area contributed by atoms with Crippen LogP contribution in [0.15, 0.2) is 0 Å². The number of esters is 2. The molecule has 0 aromatic rings. The number of hydrogen-bond acceptors (Lipinski definition) is 8. The number of aliphatic hydroxyl groups excluding tert-OH is 1. The second kappa shape index (κ2) is 11.3. The van der Waals surface area contributed by atoms with Gasteiger partial charge in [-0.15, -0.1) is 0 Å². The van der Waals surface area contributed by atoms with Crippen molar-refractivity contribution in [1.29, 1.82) is 0 Å². The van der Waals surface area contributed by atoms with Gasteiger partial charge in [0.2, 0.25) is 5.91 Å². The van der Waals surface area contributed by atoms with Gasteiger partial charge in [-0.2, -0.15) is 11.8 Å². The van der Waals surface area contributed by atoms with Gasteiger partial charge in [0.15, 0.2) is 0 Å². The van der Waals surface area contributed by atoms with Crippen molar-refractivity contribution in [2.45, 2.75) is 39.0 Å². The third kappa shape index (κ3) is 10.4. The number of hydrogen-bond donors (Lipinski definition) is 3. The fraction of sp³-hybridized carbons (Fsp3) is 0.769. The zero-order chi connectivity index (χ0) is 17.1. The molecule has 128 valence electrons. The van der Waals surface area contributed by atoms with Gasteiger partial charge in [-0.05, 0) is 6.92 Å². The Morgan fingerprint density at radius 1 is 1.23 bits per heavy atom. The topological polar surface area (TPSA) is 128 Å². The van der Waals surface area contributed by atoms with Crippen molar-refractivity contribution in [3.8, 4) is 0 Å². The lowest BCUT2D eigenvalue weighted by molar-refractivity contribution is -0.154. The van der Waals surface area contributed by atoms with Crippen molar-refractivity contribution >= 4 is 29.6 Å². The van der Waals surface area contributed by atoms with Gasteiger partial charge in [0.1, 0.15) is 12.7 Å². The van der Waals surface area contributed by atoms with Crippen molar-refractivity contribution in [3.05, 3.63) is 0 Å². The first-order valence-corrected chi connectivity index (χ1v) is 7.96. The van der Waals surface area contributed by atoms with E-state index in [1.165, 1.54) is 25.6 Å². The minimum Gasteiger partial charge on any atom is -0.462 e. The molecule has 0 aromatic heterocycles. The Balaban J connectivity index is 4.16. The molecule has 1 amide bonds. The largest absolute Gasteiger partial charge is 0.462 e. The maximum absolute atomic E-state index is 11.7. The van der Waals surface area contributed by atoms with Crippen LogP contribution < -0.4 is 11.1 Å². The van der Waals surface area contributed by atoms with Gasteiger partial charge in [0.05, 0.1) is 12.6 Å². The summed E-state index contributed by atoms with van der Waals surface area (Å²) in [5.41, 5.74) is 5.72. The van der Waals surface area contributed by atoms with Crippen molar-refractivity contribution < 1.29 is 29.0 Å². The highest BCUT2D eigenvalue weighted by atomic mass is 32.2. The Kier molecular flexibility index (Phi) is 10.6. The summed E-state index contributed by atoms with van der Waals surface area (Å²) >= 11 is 1.31. The van der Waals surface area contributed by atoms with Crippen LogP contribution in [0.2, 0.25) is 0 Å². The van der Waals surface area contributed by atoms with E-state index in [0.29, 0.717) is 11.5 Å². The number of amides is 1. The second-order valence-corrected chi connectivity index (χ2v) is 5.85. The Labute approximate surface area is 134 Å². The molecule has 0 rings (SSSR count). The van der Waals surface area contributed by atoms with Crippen LogP contribution in [-0.2, 0) is 23.9 Å². The van der Waals surface area contributed by atoms with E-state index in [-0.39, 0.29) is 25.2 Å². The lowest BCUT2D eigenvalue weighted by Crippen LogP contribution is -2.47. The third-order valence-corrected chi connectivity index (χ3v) is 3.61. The molecule has 4 N–H and O–H groups in total. The van der Waals surface area contributed by atoms with Crippen molar-refractivity contribution in [2.75, 3.05) is 24.7 Å². The summed E-state index contributed by atoms with van der Waals surface area (Å²) in [5.74, 6) is -0.642. The molecule has 0 radical (unpaired) electrons. The average Bonchev–Trinajstić information content (AvgIpc) is 2.43. The van der Waals surface area contributed by atoms with Gasteiger partial charge in [0, 0.05) is 31.4 Å². The van der Waals surface area contributed by atoms with Crippen molar-refractivity contribution in [2.24, 2.45) is 5.73 Å². The van der Waals surface area contributed by atoms with E-state index in [9.17, 15) is 14.4 Å². The summed E-state index contributed by atoms with van der Waals surface area (Å²) in [6.45, 7) is 3.99. The number of thioether (sulfide) groups is 1. The van der Waals surface area contributed by atoms with Crippen LogP contribution in [0, 0.1) is 0 Å². The van der Waals surface area contributed by atoms with Gasteiger partial charge in [0.25, 0.3) is 0 Å². The van der Waals surface area contributed by atoms with Gasteiger partial charge in [-0.25, -0.2) is 0 Å². The Hall–Kier alpha value is -1.32. The first kappa shape index (κ1) is 20.7. The normalized spacial score (nSPS) is 14.6. The van der Waals surface area contributed by atoms with Gasteiger partial charge < -0.3 is 25.6 Å². The Morgan fingerprint density at radius 3 is 2.36 bits per heavy atom. The predicted molar refractivity (Wildman–Crippen MR) is 82.2 cm³/mol. The molecule has 0 bridgehead atoms. The van der Waals surface area contributed by atoms with Gasteiger partial charge in [-0.1, -0.05) is 0 Å². The van der Waals surface area contributed by atoms with E-state index < -0.39 is 24.1 Å². The molecule has 0 heterocycles. The van der Waals surface area contributed by atoms with E-state index in [2.05, 4.69) is 5.32 Å². The molecule has 3 atom stereocenters.